The maximum absolute atomic E-state index is 12.5. The van der Waals surface area contributed by atoms with Crippen LogP contribution in [0.5, 0.6) is 0 Å². The second kappa shape index (κ2) is 2.25. The third-order valence-corrected chi connectivity index (χ3v) is 2.10. The van der Waals surface area contributed by atoms with Crippen LogP contribution in [0.4, 0.5) is 13.2 Å². The third kappa shape index (κ3) is 1.19. The normalized spacial score (nSPS) is 25.4. The fourth-order valence-electron chi connectivity index (χ4n) is 1.27. The van der Waals surface area contributed by atoms with Crippen LogP contribution < -0.4 is 0 Å². The number of benzene rings is 1. The summed E-state index contributed by atoms with van der Waals surface area (Å²) in [6, 6.07) is 5.26. The van der Waals surface area contributed by atoms with Crippen LogP contribution in [-0.2, 0) is 0 Å². The van der Waals surface area contributed by atoms with Crippen molar-refractivity contribution in [2.75, 3.05) is 0 Å². The third-order valence-electron chi connectivity index (χ3n) is 2.10. The van der Waals surface area contributed by atoms with Crippen LogP contribution in [0.3, 0.4) is 0 Å². The molecule has 0 unspecified atom stereocenters. The number of rotatable bonds is 1. The van der Waals surface area contributed by atoms with E-state index in [9.17, 15) is 13.2 Å². The standard InChI is InChI=1S/C9H7F3/c10-7-3-1-6(2-4-7)8-5-9(8,11)12/h1-4,8H,5H2/t8-/m0/s1. The van der Waals surface area contributed by atoms with Crippen molar-refractivity contribution in [3.63, 3.8) is 0 Å². The first kappa shape index (κ1) is 7.65. The minimum atomic E-state index is -2.56. The summed E-state index contributed by atoms with van der Waals surface area (Å²) in [4.78, 5) is 0. The van der Waals surface area contributed by atoms with Gasteiger partial charge in [0.25, 0.3) is 5.92 Å². The molecule has 0 aromatic heterocycles. The van der Waals surface area contributed by atoms with Gasteiger partial charge in [-0.15, -0.1) is 0 Å². The highest BCUT2D eigenvalue weighted by molar-refractivity contribution is 5.29. The topological polar surface area (TPSA) is 0 Å². The van der Waals surface area contributed by atoms with E-state index in [1.165, 1.54) is 24.3 Å². The maximum Gasteiger partial charge on any atom is 0.255 e. The van der Waals surface area contributed by atoms with E-state index in [4.69, 9.17) is 0 Å². The molecule has 1 saturated carbocycles. The molecular weight excluding hydrogens is 165 g/mol. The highest BCUT2D eigenvalue weighted by Crippen LogP contribution is 2.55. The van der Waals surface area contributed by atoms with Gasteiger partial charge in [0.15, 0.2) is 0 Å². The van der Waals surface area contributed by atoms with Gasteiger partial charge in [0.1, 0.15) is 5.82 Å². The van der Waals surface area contributed by atoms with Crippen LogP contribution >= 0.6 is 0 Å². The molecule has 1 aliphatic carbocycles. The minimum absolute atomic E-state index is 0.0986. The summed E-state index contributed by atoms with van der Waals surface area (Å²) in [6.07, 6.45) is -0.0986. The zero-order valence-corrected chi connectivity index (χ0v) is 6.23. The van der Waals surface area contributed by atoms with Crippen molar-refractivity contribution in [3.8, 4) is 0 Å². The lowest BCUT2D eigenvalue weighted by atomic mass is 10.1. The molecule has 12 heavy (non-hydrogen) atoms. The molecule has 0 N–H and O–H groups in total. The summed E-state index contributed by atoms with van der Waals surface area (Å²) >= 11 is 0. The molecule has 0 heterocycles. The van der Waals surface area contributed by atoms with Crippen LogP contribution in [0, 0.1) is 5.82 Å². The Kier molecular flexibility index (Phi) is 1.43. The molecule has 1 fully saturated rings. The molecule has 1 aliphatic rings. The zero-order valence-electron chi connectivity index (χ0n) is 6.23. The molecule has 3 heteroatoms. The van der Waals surface area contributed by atoms with E-state index >= 15 is 0 Å². The predicted molar refractivity (Wildman–Crippen MR) is 38.7 cm³/mol. The molecule has 0 saturated heterocycles. The van der Waals surface area contributed by atoms with Crippen LogP contribution in [0.1, 0.15) is 17.9 Å². The Bertz CT molecular complexity index is 289. The minimum Gasteiger partial charge on any atom is -0.207 e. The number of halogens is 3. The van der Waals surface area contributed by atoms with Crippen LogP contribution in [0.2, 0.25) is 0 Å². The fourth-order valence-corrected chi connectivity index (χ4v) is 1.27. The molecule has 0 bridgehead atoms. The van der Waals surface area contributed by atoms with E-state index in [0.717, 1.165) is 0 Å². The maximum atomic E-state index is 12.5. The van der Waals surface area contributed by atoms with Crippen molar-refractivity contribution < 1.29 is 13.2 Å². The van der Waals surface area contributed by atoms with Gasteiger partial charge >= 0.3 is 0 Å². The largest absolute Gasteiger partial charge is 0.255 e. The summed E-state index contributed by atoms with van der Waals surface area (Å²) < 4.78 is 37.4. The average Bonchev–Trinajstić information content (AvgIpc) is 2.61. The lowest BCUT2D eigenvalue weighted by Crippen LogP contribution is -1.92. The Balaban J connectivity index is 2.21. The smallest absolute Gasteiger partial charge is 0.207 e. The van der Waals surface area contributed by atoms with Gasteiger partial charge in [0.2, 0.25) is 0 Å². The second-order valence-corrected chi connectivity index (χ2v) is 3.07. The number of hydrogen-bond donors (Lipinski definition) is 0. The lowest BCUT2D eigenvalue weighted by Gasteiger charge is -1.97. The first-order valence-corrected chi connectivity index (χ1v) is 3.73. The highest BCUT2D eigenvalue weighted by atomic mass is 19.3. The van der Waals surface area contributed by atoms with E-state index in [1.54, 1.807) is 0 Å². The summed E-state index contributed by atoms with van der Waals surface area (Å²) in [5.74, 6) is -3.63. The molecule has 64 valence electrons. The molecule has 1 aromatic carbocycles. The number of hydrogen-bond acceptors (Lipinski definition) is 0. The van der Waals surface area contributed by atoms with Crippen LogP contribution in [0.25, 0.3) is 0 Å². The molecule has 0 radical (unpaired) electrons. The molecule has 0 amide bonds. The number of alkyl halides is 2. The predicted octanol–water partition coefficient (Wildman–Crippen LogP) is 2.95. The molecule has 0 spiro atoms. The molecule has 1 atom stereocenters. The summed E-state index contributed by atoms with van der Waals surface area (Å²) in [5, 5.41) is 0. The van der Waals surface area contributed by atoms with Crippen molar-refractivity contribution in [1.29, 1.82) is 0 Å². The van der Waals surface area contributed by atoms with Gasteiger partial charge in [-0.25, -0.2) is 13.2 Å². The van der Waals surface area contributed by atoms with Gasteiger partial charge in [-0.3, -0.25) is 0 Å². The van der Waals surface area contributed by atoms with Crippen molar-refractivity contribution in [3.05, 3.63) is 35.6 Å². The van der Waals surface area contributed by atoms with E-state index in [2.05, 4.69) is 0 Å². The first-order valence-electron chi connectivity index (χ1n) is 3.73. The Morgan fingerprint density at radius 1 is 1.17 bits per heavy atom. The zero-order chi connectivity index (χ0) is 8.77. The summed E-state index contributed by atoms with van der Waals surface area (Å²) in [5.41, 5.74) is 0.529. The second-order valence-electron chi connectivity index (χ2n) is 3.07. The molecule has 1 aromatic rings. The van der Waals surface area contributed by atoms with Gasteiger partial charge < -0.3 is 0 Å². The molecule has 0 nitrogen and oxygen atoms in total. The monoisotopic (exact) mass is 172 g/mol. The highest BCUT2D eigenvalue weighted by Gasteiger charge is 2.57. The van der Waals surface area contributed by atoms with E-state index < -0.39 is 11.8 Å². The van der Waals surface area contributed by atoms with Crippen LogP contribution in [-0.4, -0.2) is 5.92 Å². The molecule has 2 rings (SSSR count). The lowest BCUT2D eigenvalue weighted by molar-refractivity contribution is 0.112. The first-order chi connectivity index (χ1) is 5.59. The van der Waals surface area contributed by atoms with E-state index in [1.807, 2.05) is 0 Å². The van der Waals surface area contributed by atoms with Gasteiger partial charge in [0.05, 0.1) is 5.92 Å². The van der Waals surface area contributed by atoms with Gasteiger partial charge in [0, 0.05) is 6.42 Å². The van der Waals surface area contributed by atoms with Crippen molar-refractivity contribution >= 4 is 0 Å². The quantitative estimate of drug-likeness (QED) is 0.610. The van der Waals surface area contributed by atoms with Gasteiger partial charge in [-0.1, -0.05) is 12.1 Å². The Hall–Kier alpha value is -0.990. The van der Waals surface area contributed by atoms with Crippen molar-refractivity contribution in [2.45, 2.75) is 18.3 Å². The molecular formula is C9H7F3. The van der Waals surface area contributed by atoms with Gasteiger partial charge in [-0.2, -0.15) is 0 Å². The summed E-state index contributed by atoms with van der Waals surface area (Å²) in [6.45, 7) is 0. The van der Waals surface area contributed by atoms with Crippen molar-refractivity contribution in [1.82, 2.24) is 0 Å². The molecule has 0 aliphatic heterocycles. The Morgan fingerprint density at radius 3 is 2.08 bits per heavy atom. The summed E-state index contributed by atoms with van der Waals surface area (Å²) in [7, 11) is 0. The average molecular weight is 172 g/mol. The SMILES string of the molecule is Fc1ccc([C@@H]2CC2(F)F)cc1. The fraction of sp³-hybridized carbons (Fsp3) is 0.333. The Labute approximate surface area is 68.0 Å². The van der Waals surface area contributed by atoms with E-state index in [-0.39, 0.29) is 12.2 Å². The van der Waals surface area contributed by atoms with Crippen molar-refractivity contribution in [2.24, 2.45) is 0 Å². The van der Waals surface area contributed by atoms with E-state index in [0.29, 0.717) is 5.56 Å². The Morgan fingerprint density at radius 2 is 1.67 bits per heavy atom. The van der Waals surface area contributed by atoms with Gasteiger partial charge in [-0.05, 0) is 17.7 Å². The van der Waals surface area contributed by atoms with Crippen LogP contribution in [0.15, 0.2) is 24.3 Å².